The normalized spacial score (nSPS) is 22.9. The number of halogens is 1. The van der Waals surface area contributed by atoms with Crippen LogP contribution in [0.2, 0.25) is 0 Å². The second kappa shape index (κ2) is 7.42. The van der Waals surface area contributed by atoms with Crippen molar-refractivity contribution < 1.29 is 9.59 Å². The maximum Gasteiger partial charge on any atom is 0.227 e. The molecular formula is C19H22ClN3O2. The molecule has 2 aliphatic rings. The number of hydrogen-bond donors (Lipinski definition) is 2. The smallest absolute Gasteiger partial charge is 0.227 e. The number of carbonyl (C=O) groups excluding carboxylic acids is 2. The molecule has 4 rings (SSSR count). The molecule has 2 N–H and O–H groups in total. The van der Waals surface area contributed by atoms with Gasteiger partial charge in [0.1, 0.15) is 0 Å². The van der Waals surface area contributed by atoms with E-state index in [1.165, 1.54) is 0 Å². The van der Waals surface area contributed by atoms with E-state index in [9.17, 15) is 9.59 Å². The van der Waals surface area contributed by atoms with E-state index < -0.39 is 0 Å². The lowest BCUT2D eigenvalue weighted by Crippen LogP contribution is -2.40. The van der Waals surface area contributed by atoms with E-state index in [0.717, 1.165) is 36.0 Å². The van der Waals surface area contributed by atoms with E-state index >= 15 is 0 Å². The Labute approximate surface area is 153 Å². The van der Waals surface area contributed by atoms with Crippen LogP contribution in [0.1, 0.15) is 12.8 Å². The molecule has 2 atom stereocenters. The summed E-state index contributed by atoms with van der Waals surface area (Å²) in [6.45, 7) is 2.22. The van der Waals surface area contributed by atoms with Crippen LogP contribution in [0.3, 0.4) is 0 Å². The second-order valence-corrected chi connectivity index (χ2v) is 6.60. The van der Waals surface area contributed by atoms with Crippen molar-refractivity contribution in [3.05, 3.63) is 42.5 Å². The number of carbonyl (C=O) groups is 2. The fraction of sp³-hybridized carbons (Fsp3) is 0.368. The van der Waals surface area contributed by atoms with Crippen molar-refractivity contribution in [3.63, 3.8) is 0 Å². The van der Waals surface area contributed by atoms with Crippen LogP contribution in [0.15, 0.2) is 42.5 Å². The van der Waals surface area contributed by atoms with E-state index in [4.69, 9.17) is 0 Å². The molecule has 2 saturated heterocycles. The lowest BCUT2D eigenvalue weighted by Gasteiger charge is -2.19. The molecule has 2 heterocycles. The molecule has 0 spiro atoms. The van der Waals surface area contributed by atoms with Crippen LogP contribution in [-0.2, 0) is 9.59 Å². The Balaban J connectivity index is 0.00000182. The topological polar surface area (TPSA) is 61.4 Å². The minimum absolute atomic E-state index is 0. The van der Waals surface area contributed by atoms with E-state index in [2.05, 4.69) is 10.6 Å². The van der Waals surface area contributed by atoms with Crippen molar-refractivity contribution in [3.8, 4) is 0 Å². The fourth-order valence-corrected chi connectivity index (χ4v) is 3.66. The zero-order valence-electron chi connectivity index (χ0n) is 13.9. The van der Waals surface area contributed by atoms with Gasteiger partial charge in [0, 0.05) is 30.9 Å². The monoisotopic (exact) mass is 359 g/mol. The van der Waals surface area contributed by atoms with E-state index in [1.807, 2.05) is 42.5 Å². The van der Waals surface area contributed by atoms with Gasteiger partial charge in [-0.25, -0.2) is 0 Å². The molecule has 0 aromatic heterocycles. The van der Waals surface area contributed by atoms with Crippen molar-refractivity contribution >= 4 is 40.7 Å². The Kier molecular flexibility index (Phi) is 5.25. The lowest BCUT2D eigenvalue weighted by molar-refractivity contribution is -0.126. The molecule has 6 heteroatoms. The Hall–Kier alpha value is -2.11. The van der Waals surface area contributed by atoms with Gasteiger partial charge in [0.05, 0.1) is 11.6 Å². The maximum atomic E-state index is 12.5. The highest BCUT2D eigenvalue weighted by Crippen LogP contribution is 2.31. The van der Waals surface area contributed by atoms with Gasteiger partial charge < -0.3 is 15.5 Å². The van der Waals surface area contributed by atoms with Gasteiger partial charge in [0.2, 0.25) is 11.8 Å². The Morgan fingerprint density at radius 3 is 2.76 bits per heavy atom. The van der Waals surface area contributed by atoms with Gasteiger partial charge in [-0.3, -0.25) is 9.59 Å². The summed E-state index contributed by atoms with van der Waals surface area (Å²) in [6.07, 6.45) is 1.24. The number of nitrogens with zero attached hydrogens (tertiary/aromatic N) is 1. The molecule has 132 valence electrons. The van der Waals surface area contributed by atoms with Gasteiger partial charge in [-0.1, -0.05) is 36.4 Å². The number of rotatable bonds is 3. The average molecular weight is 360 g/mol. The molecule has 2 aliphatic heterocycles. The van der Waals surface area contributed by atoms with Gasteiger partial charge in [0.25, 0.3) is 0 Å². The summed E-state index contributed by atoms with van der Waals surface area (Å²) < 4.78 is 0. The highest BCUT2D eigenvalue weighted by atomic mass is 35.5. The molecule has 2 aromatic rings. The van der Waals surface area contributed by atoms with E-state index in [0.29, 0.717) is 6.54 Å². The fourth-order valence-electron chi connectivity index (χ4n) is 3.66. The summed E-state index contributed by atoms with van der Waals surface area (Å²) in [5, 5.41) is 8.46. The first-order chi connectivity index (χ1) is 11.7. The largest absolute Gasteiger partial charge is 0.352 e. The van der Waals surface area contributed by atoms with Gasteiger partial charge in [-0.15, -0.1) is 12.4 Å². The van der Waals surface area contributed by atoms with Crippen LogP contribution in [-0.4, -0.2) is 37.5 Å². The average Bonchev–Trinajstić information content (AvgIpc) is 3.24. The van der Waals surface area contributed by atoms with Crippen LogP contribution in [0, 0.1) is 5.92 Å². The SMILES string of the molecule is Cl.O=C(NC1CCNC1)C1CC(=O)N(c2cccc3ccccc23)C1. The third-order valence-electron chi connectivity index (χ3n) is 4.96. The Morgan fingerprint density at radius 2 is 1.96 bits per heavy atom. The zero-order valence-corrected chi connectivity index (χ0v) is 14.7. The summed E-state index contributed by atoms with van der Waals surface area (Å²) in [4.78, 5) is 26.7. The highest BCUT2D eigenvalue weighted by Gasteiger charge is 2.36. The van der Waals surface area contributed by atoms with Crippen molar-refractivity contribution in [2.24, 2.45) is 5.92 Å². The molecular weight excluding hydrogens is 338 g/mol. The molecule has 2 amide bonds. The first-order valence-corrected chi connectivity index (χ1v) is 8.51. The molecule has 2 fully saturated rings. The highest BCUT2D eigenvalue weighted by molar-refractivity contribution is 6.07. The van der Waals surface area contributed by atoms with Crippen LogP contribution < -0.4 is 15.5 Å². The first kappa shape index (κ1) is 17.7. The van der Waals surface area contributed by atoms with Crippen LogP contribution >= 0.6 is 12.4 Å². The third kappa shape index (κ3) is 3.48. The van der Waals surface area contributed by atoms with Gasteiger partial charge in [-0.05, 0) is 24.4 Å². The third-order valence-corrected chi connectivity index (χ3v) is 4.96. The predicted octanol–water partition coefficient (Wildman–Crippen LogP) is 2.09. The number of fused-ring (bicyclic) bond motifs is 1. The van der Waals surface area contributed by atoms with Crippen LogP contribution in [0.5, 0.6) is 0 Å². The maximum absolute atomic E-state index is 12.5. The number of hydrogen-bond acceptors (Lipinski definition) is 3. The van der Waals surface area contributed by atoms with Gasteiger partial charge >= 0.3 is 0 Å². The molecule has 0 aliphatic carbocycles. The molecule has 2 unspecified atom stereocenters. The van der Waals surface area contributed by atoms with E-state index in [-0.39, 0.29) is 42.6 Å². The summed E-state index contributed by atoms with van der Waals surface area (Å²) >= 11 is 0. The quantitative estimate of drug-likeness (QED) is 0.882. The van der Waals surface area contributed by atoms with Crippen molar-refractivity contribution in [2.45, 2.75) is 18.9 Å². The van der Waals surface area contributed by atoms with E-state index in [1.54, 1.807) is 4.90 Å². The minimum Gasteiger partial charge on any atom is -0.352 e. The van der Waals surface area contributed by atoms with Gasteiger partial charge in [-0.2, -0.15) is 0 Å². The Morgan fingerprint density at radius 1 is 1.16 bits per heavy atom. The molecule has 0 saturated carbocycles. The summed E-state index contributed by atoms with van der Waals surface area (Å²) in [6, 6.07) is 14.2. The summed E-state index contributed by atoms with van der Waals surface area (Å²) in [7, 11) is 0. The standard InChI is InChI=1S/C19H21N3O2.ClH/c23-18-10-14(19(24)21-15-8-9-20-11-15)12-22(18)17-7-3-5-13-4-1-2-6-16(13)17;/h1-7,14-15,20H,8-12H2,(H,21,24);1H. The minimum atomic E-state index is -0.267. The number of amides is 2. The number of benzene rings is 2. The van der Waals surface area contributed by atoms with Crippen LogP contribution in [0.25, 0.3) is 10.8 Å². The number of anilines is 1. The predicted molar refractivity (Wildman–Crippen MR) is 101 cm³/mol. The molecule has 0 bridgehead atoms. The van der Waals surface area contributed by atoms with Gasteiger partial charge in [0.15, 0.2) is 0 Å². The molecule has 5 nitrogen and oxygen atoms in total. The second-order valence-electron chi connectivity index (χ2n) is 6.60. The lowest BCUT2D eigenvalue weighted by atomic mass is 10.1. The summed E-state index contributed by atoms with van der Waals surface area (Å²) in [5.74, 6) is -0.243. The molecule has 2 aromatic carbocycles. The van der Waals surface area contributed by atoms with Crippen molar-refractivity contribution in [1.29, 1.82) is 0 Å². The van der Waals surface area contributed by atoms with Crippen LogP contribution in [0.4, 0.5) is 5.69 Å². The molecule has 25 heavy (non-hydrogen) atoms. The molecule has 0 radical (unpaired) electrons. The first-order valence-electron chi connectivity index (χ1n) is 8.51. The Bertz CT molecular complexity index is 784. The van der Waals surface area contributed by atoms with Crippen molar-refractivity contribution in [1.82, 2.24) is 10.6 Å². The zero-order chi connectivity index (χ0) is 16.5. The number of nitrogens with one attached hydrogen (secondary N) is 2. The summed E-state index contributed by atoms with van der Waals surface area (Å²) in [5.41, 5.74) is 0.899. The van der Waals surface area contributed by atoms with Crippen molar-refractivity contribution in [2.75, 3.05) is 24.5 Å².